The highest BCUT2D eigenvalue weighted by molar-refractivity contribution is 5.61. The highest BCUT2D eigenvalue weighted by Crippen LogP contribution is 2.41. The Balaban J connectivity index is 1.20. The molecule has 0 amide bonds. The van der Waals surface area contributed by atoms with Crippen molar-refractivity contribution in [2.45, 2.75) is 37.5 Å². The molecule has 10 heteroatoms. The summed E-state index contributed by atoms with van der Waals surface area (Å²) in [5.74, 6) is -0.211. The number of hydrogen-bond donors (Lipinski definition) is 1. The predicted molar refractivity (Wildman–Crippen MR) is 136 cm³/mol. The summed E-state index contributed by atoms with van der Waals surface area (Å²) in [5.41, 5.74) is 1.77. The highest BCUT2D eigenvalue weighted by atomic mass is 19.4. The average molecular weight is 511 g/mol. The van der Waals surface area contributed by atoms with Crippen molar-refractivity contribution in [2.24, 2.45) is 0 Å². The second-order valence-corrected chi connectivity index (χ2v) is 9.73. The lowest BCUT2D eigenvalue weighted by Gasteiger charge is -2.36. The Morgan fingerprint density at radius 2 is 1.62 bits per heavy atom. The highest BCUT2D eigenvalue weighted by Gasteiger charge is 2.40. The standard InChI is InChI=1S/C27H29F3N6O/c28-27(29,30)23-18-31-26(33-25(23)36-24(12-17-37-36)19-4-2-1-3-5-19)32-20-6-8-21(9-7-20)34-13-15-35(16-14-34)22-10-11-22/h1-9,18,22,24H,10-17H2,(H,31,32,33). The first kappa shape index (κ1) is 24.0. The molecule has 1 saturated carbocycles. The Bertz CT molecular complexity index is 1210. The summed E-state index contributed by atoms with van der Waals surface area (Å²) in [6.07, 6.45) is -0.589. The van der Waals surface area contributed by atoms with Crippen molar-refractivity contribution in [3.8, 4) is 0 Å². The van der Waals surface area contributed by atoms with Gasteiger partial charge in [-0.2, -0.15) is 18.2 Å². The van der Waals surface area contributed by atoms with Gasteiger partial charge < -0.3 is 10.2 Å². The number of anilines is 4. The minimum absolute atomic E-state index is 0.0797. The molecule has 2 aromatic carbocycles. The lowest BCUT2D eigenvalue weighted by Crippen LogP contribution is -2.47. The quantitative estimate of drug-likeness (QED) is 0.476. The number of benzene rings is 2. The first-order valence-corrected chi connectivity index (χ1v) is 12.7. The van der Waals surface area contributed by atoms with Crippen LogP contribution in [0.25, 0.3) is 0 Å². The minimum Gasteiger partial charge on any atom is -0.369 e. The Labute approximate surface area is 213 Å². The molecule has 3 heterocycles. The van der Waals surface area contributed by atoms with E-state index in [1.807, 2.05) is 54.6 Å². The molecule has 37 heavy (non-hydrogen) atoms. The van der Waals surface area contributed by atoms with Crippen LogP contribution in [0.15, 0.2) is 60.8 Å². The summed E-state index contributed by atoms with van der Waals surface area (Å²) < 4.78 is 41.7. The topological polar surface area (TPSA) is 56.8 Å². The smallest absolute Gasteiger partial charge is 0.369 e. The van der Waals surface area contributed by atoms with Crippen LogP contribution in [0.5, 0.6) is 0 Å². The van der Waals surface area contributed by atoms with Crippen molar-refractivity contribution in [1.82, 2.24) is 14.9 Å². The van der Waals surface area contributed by atoms with E-state index in [1.165, 1.54) is 17.9 Å². The van der Waals surface area contributed by atoms with Crippen LogP contribution in [0.1, 0.15) is 36.4 Å². The molecule has 1 atom stereocenters. The summed E-state index contributed by atoms with van der Waals surface area (Å²) in [5, 5.41) is 4.34. The number of hydrogen-bond acceptors (Lipinski definition) is 7. The predicted octanol–water partition coefficient (Wildman–Crippen LogP) is 5.41. The molecule has 0 bridgehead atoms. The summed E-state index contributed by atoms with van der Waals surface area (Å²) in [6.45, 7) is 4.45. The van der Waals surface area contributed by atoms with Gasteiger partial charge in [0, 0.05) is 56.2 Å². The molecule has 6 rings (SSSR count). The minimum atomic E-state index is -4.62. The van der Waals surface area contributed by atoms with Crippen LogP contribution in [-0.4, -0.2) is 53.7 Å². The van der Waals surface area contributed by atoms with Gasteiger partial charge in [-0.15, -0.1) is 0 Å². The summed E-state index contributed by atoms with van der Waals surface area (Å²) in [4.78, 5) is 18.8. The number of hydroxylamine groups is 1. The van der Waals surface area contributed by atoms with Crippen LogP contribution >= 0.6 is 0 Å². The second kappa shape index (κ2) is 9.83. The molecular weight excluding hydrogens is 481 g/mol. The molecule has 2 aliphatic heterocycles. The van der Waals surface area contributed by atoms with E-state index in [1.54, 1.807) is 0 Å². The fourth-order valence-corrected chi connectivity index (χ4v) is 5.13. The second-order valence-electron chi connectivity index (χ2n) is 9.73. The molecule has 1 unspecified atom stereocenters. The van der Waals surface area contributed by atoms with E-state index in [2.05, 4.69) is 25.1 Å². The van der Waals surface area contributed by atoms with Gasteiger partial charge in [-0.05, 0) is 42.7 Å². The third-order valence-corrected chi connectivity index (χ3v) is 7.24. The monoisotopic (exact) mass is 510 g/mol. The molecule has 1 aromatic heterocycles. The van der Waals surface area contributed by atoms with Gasteiger partial charge in [0.25, 0.3) is 0 Å². The molecule has 1 aliphatic carbocycles. The largest absolute Gasteiger partial charge is 0.421 e. The molecule has 3 aliphatic rings. The van der Waals surface area contributed by atoms with E-state index < -0.39 is 11.7 Å². The van der Waals surface area contributed by atoms with Crippen molar-refractivity contribution in [1.29, 1.82) is 0 Å². The molecule has 0 radical (unpaired) electrons. The molecule has 3 aromatic rings. The number of piperazine rings is 1. The summed E-state index contributed by atoms with van der Waals surface area (Å²) >= 11 is 0. The molecule has 0 spiro atoms. The third kappa shape index (κ3) is 5.21. The third-order valence-electron chi connectivity index (χ3n) is 7.24. The number of halogens is 3. The van der Waals surface area contributed by atoms with Crippen molar-refractivity contribution in [2.75, 3.05) is 48.1 Å². The van der Waals surface area contributed by atoms with Crippen LogP contribution in [0, 0.1) is 0 Å². The van der Waals surface area contributed by atoms with Gasteiger partial charge in [-0.1, -0.05) is 30.3 Å². The molecule has 7 nitrogen and oxygen atoms in total. The lowest BCUT2D eigenvalue weighted by molar-refractivity contribution is -0.138. The number of rotatable bonds is 6. The Morgan fingerprint density at radius 3 is 2.30 bits per heavy atom. The average Bonchev–Trinajstić information content (AvgIpc) is 3.65. The van der Waals surface area contributed by atoms with E-state index in [-0.39, 0.29) is 17.8 Å². The van der Waals surface area contributed by atoms with Gasteiger partial charge in [0.2, 0.25) is 5.95 Å². The van der Waals surface area contributed by atoms with Crippen molar-refractivity contribution < 1.29 is 18.0 Å². The number of aromatic nitrogens is 2. The SMILES string of the molecule is FC(F)(F)c1cnc(Nc2ccc(N3CCN(C4CC4)CC3)cc2)nc1N1OCCC1c1ccccc1. The zero-order chi connectivity index (χ0) is 25.4. The first-order valence-electron chi connectivity index (χ1n) is 12.7. The fraction of sp³-hybridized carbons (Fsp3) is 0.407. The van der Waals surface area contributed by atoms with Crippen LogP contribution in [0.4, 0.5) is 36.3 Å². The van der Waals surface area contributed by atoms with Gasteiger partial charge in [0.05, 0.1) is 12.6 Å². The number of nitrogens with one attached hydrogen (secondary N) is 1. The molecule has 194 valence electrons. The van der Waals surface area contributed by atoms with E-state index >= 15 is 0 Å². The Morgan fingerprint density at radius 1 is 0.892 bits per heavy atom. The zero-order valence-corrected chi connectivity index (χ0v) is 20.4. The van der Waals surface area contributed by atoms with Crippen molar-refractivity contribution in [3.63, 3.8) is 0 Å². The van der Waals surface area contributed by atoms with E-state index in [4.69, 9.17) is 4.84 Å². The fourth-order valence-electron chi connectivity index (χ4n) is 5.13. The molecule has 3 fully saturated rings. The van der Waals surface area contributed by atoms with Crippen LogP contribution in [0.2, 0.25) is 0 Å². The van der Waals surface area contributed by atoms with Crippen LogP contribution < -0.4 is 15.3 Å². The normalized spacial score (nSPS) is 20.9. The number of alkyl halides is 3. The van der Waals surface area contributed by atoms with Crippen LogP contribution in [0.3, 0.4) is 0 Å². The van der Waals surface area contributed by atoms with Crippen molar-refractivity contribution in [3.05, 3.63) is 71.9 Å². The first-order chi connectivity index (χ1) is 18.0. The maximum absolute atomic E-state index is 13.9. The van der Waals surface area contributed by atoms with Gasteiger partial charge in [0.15, 0.2) is 5.82 Å². The van der Waals surface area contributed by atoms with Gasteiger partial charge in [-0.3, -0.25) is 9.74 Å². The summed E-state index contributed by atoms with van der Waals surface area (Å²) in [6, 6.07) is 17.6. The van der Waals surface area contributed by atoms with Gasteiger partial charge in [0.1, 0.15) is 5.56 Å². The van der Waals surface area contributed by atoms with Crippen LogP contribution in [-0.2, 0) is 11.0 Å². The van der Waals surface area contributed by atoms with E-state index in [9.17, 15) is 13.2 Å². The van der Waals surface area contributed by atoms with Gasteiger partial charge >= 0.3 is 6.18 Å². The maximum Gasteiger partial charge on any atom is 0.421 e. The Hall–Kier alpha value is -3.37. The summed E-state index contributed by atoms with van der Waals surface area (Å²) in [7, 11) is 0. The van der Waals surface area contributed by atoms with Gasteiger partial charge in [-0.25, -0.2) is 10.0 Å². The van der Waals surface area contributed by atoms with E-state index in [0.29, 0.717) is 18.7 Å². The van der Waals surface area contributed by atoms with Crippen molar-refractivity contribution >= 4 is 23.1 Å². The molecular formula is C27H29F3N6O. The molecule has 1 N–H and O–H groups in total. The lowest BCUT2D eigenvalue weighted by atomic mass is 10.0. The Kier molecular flexibility index (Phi) is 6.37. The molecule has 2 saturated heterocycles. The maximum atomic E-state index is 13.9. The number of nitrogens with zero attached hydrogens (tertiary/aromatic N) is 5. The van der Waals surface area contributed by atoms with E-state index in [0.717, 1.165) is 49.7 Å². The zero-order valence-electron chi connectivity index (χ0n) is 20.4.